The van der Waals surface area contributed by atoms with Gasteiger partial charge < -0.3 is 24.4 Å². The molecule has 0 aromatic heterocycles. The Morgan fingerprint density at radius 2 is 1.08 bits per heavy atom. The third kappa shape index (κ3) is 21.8. The largest absolute Gasteiger partial charge is 0.505 e. The topological polar surface area (TPSA) is 136 Å². The van der Waals surface area contributed by atoms with Crippen molar-refractivity contribution >= 4 is 23.9 Å². The van der Waals surface area contributed by atoms with Crippen LogP contribution in [-0.2, 0) is 33.4 Å². The van der Waals surface area contributed by atoms with Gasteiger partial charge in [-0.2, -0.15) is 0 Å². The lowest BCUT2D eigenvalue weighted by Gasteiger charge is -2.25. The number of ether oxygens (including phenoxy) is 3. The van der Waals surface area contributed by atoms with Crippen molar-refractivity contribution in [3.05, 3.63) is 11.5 Å². The first kappa shape index (κ1) is 47.4. The van der Waals surface area contributed by atoms with Gasteiger partial charge in [-0.3, -0.25) is 14.4 Å². The van der Waals surface area contributed by atoms with Crippen LogP contribution >= 0.6 is 0 Å². The van der Waals surface area contributed by atoms with Gasteiger partial charge in [0, 0.05) is 12.8 Å². The van der Waals surface area contributed by atoms with Crippen molar-refractivity contribution in [3.8, 4) is 0 Å². The third-order valence-electron chi connectivity index (χ3n) is 10.1. The van der Waals surface area contributed by atoms with E-state index in [1.807, 2.05) is 0 Å². The van der Waals surface area contributed by atoms with Crippen molar-refractivity contribution in [2.45, 2.75) is 227 Å². The molecule has 0 saturated heterocycles. The summed E-state index contributed by atoms with van der Waals surface area (Å²) in [7, 11) is 0. The number of carboxylic acid groups (broad SMARTS) is 1. The summed E-state index contributed by atoms with van der Waals surface area (Å²) in [6, 6.07) is 0. The molecule has 0 bridgehead atoms. The van der Waals surface area contributed by atoms with Crippen LogP contribution in [0.1, 0.15) is 214 Å². The van der Waals surface area contributed by atoms with E-state index in [-0.39, 0.29) is 12.8 Å². The molecule has 0 aliphatic carbocycles. The molecule has 1 rings (SSSR count). The highest BCUT2D eigenvalue weighted by molar-refractivity contribution is 5.93. The summed E-state index contributed by atoms with van der Waals surface area (Å²) in [5.41, 5.74) is -0.950. The molecule has 9 heteroatoms. The monoisotopic (exact) mass is 737 g/mol. The molecule has 302 valence electrons. The molecule has 0 radical (unpaired) electrons. The number of esters is 3. The summed E-state index contributed by atoms with van der Waals surface area (Å²) in [5, 5.41) is 21.1. The summed E-state index contributed by atoms with van der Waals surface area (Å²) in [6.07, 6.45) is 27.0. The zero-order chi connectivity index (χ0) is 38.6. The second-order valence-corrected chi connectivity index (χ2v) is 16.1. The van der Waals surface area contributed by atoms with E-state index in [0.717, 1.165) is 38.5 Å². The van der Waals surface area contributed by atoms with Gasteiger partial charge in [0.05, 0.1) is 11.3 Å². The number of aliphatic hydroxyl groups is 1. The standard InChI is InChI=1S/C43H76O9/c1-6-8-10-12-14-16-18-20-22-24-26-28-30-32-36(44)50-35(38-37(45)39(41(48)51-38)52-42(49)43(3,4)5)33-34(40(46)47)31-29-27-25-23-21-19-17-15-13-11-9-7-2/h34-35,38,45H,6-33H2,1-5H3,(H,46,47)/t34?,35-,38+/m0/s1. The molecule has 3 atom stereocenters. The minimum Gasteiger partial charge on any atom is -0.505 e. The zero-order valence-electron chi connectivity index (χ0n) is 33.8. The van der Waals surface area contributed by atoms with E-state index in [0.29, 0.717) is 19.3 Å². The van der Waals surface area contributed by atoms with Crippen LogP contribution in [0, 0.1) is 11.3 Å². The first-order valence-electron chi connectivity index (χ1n) is 21.2. The Balaban J connectivity index is 2.67. The SMILES string of the molecule is CCCCCCCCCCCCCCCC(=O)O[C@@H](CC(CCCCCCCCCCCCCC)C(=O)O)[C@H]1OC(=O)C(OC(=O)C(C)(C)C)=C1O. The van der Waals surface area contributed by atoms with Gasteiger partial charge in [0.1, 0.15) is 6.10 Å². The highest BCUT2D eigenvalue weighted by atomic mass is 16.6. The van der Waals surface area contributed by atoms with E-state index in [2.05, 4.69) is 13.8 Å². The summed E-state index contributed by atoms with van der Waals surface area (Å²) < 4.78 is 16.3. The highest BCUT2D eigenvalue weighted by Gasteiger charge is 2.45. The van der Waals surface area contributed by atoms with Crippen LogP contribution in [0.15, 0.2) is 11.5 Å². The minimum absolute atomic E-state index is 0.139. The lowest BCUT2D eigenvalue weighted by Crippen LogP contribution is -2.36. The quantitative estimate of drug-likeness (QED) is 0.0383. The van der Waals surface area contributed by atoms with E-state index in [1.54, 1.807) is 20.8 Å². The Hall–Kier alpha value is -2.58. The van der Waals surface area contributed by atoms with Crippen molar-refractivity contribution in [1.29, 1.82) is 0 Å². The van der Waals surface area contributed by atoms with Crippen molar-refractivity contribution in [1.82, 2.24) is 0 Å². The normalized spacial score (nSPS) is 15.8. The molecule has 1 aliphatic heterocycles. The van der Waals surface area contributed by atoms with Crippen LogP contribution in [0.4, 0.5) is 0 Å². The fourth-order valence-electron chi connectivity index (χ4n) is 6.65. The number of carbonyl (C=O) groups is 4. The Bertz CT molecular complexity index is 1030. The molecule has 52 heavy (non-hydrogen) atoms. The molecule has 1 heterocycles. The summed E-state index contributed by atoms with van der Waals surface area (Å²) in [6.45, 7) is 9.30. The van der Waals surface area contributed by atoms with Gasteiger partial charge in [0.25, 0.3) is 5.76 Å². The Labute approximate surface area is 316 Å². The van der Waals surface area contributed by atoms with Gasteiger partial charge in [-0.15, -0.1) is 0 Å². The molecular formula is C43H76O9. The maximum absolute atomic E-state index is 13.0. The van der Waals surface area contributed by atoms with E-state index in [4.69, 9.17) is 14.2 Å². The van der Waals surface area contributed by atoms with Crippen LogP contribution in [0.25, 0.3) is 0 Å². The number of hydrogen-bond donors (Lipinski definition) is 2. The minimum atomic E-state index is -1.45. The summed E-state index contributed by atoms with van der Waals surface area (Å²) in [5.74, 6) is -5.53. The number of aliphatic hydroxyl groups excluding tert-OH is 1. The zero-order valence-corrected chi connectivity index (χ0v) is 33.8. The van der Waals surface area contributed by atoms with Crippen LogP contribution in [-0.4, -0.2) is 46.3 Å². The van der Waals surface area contributed by atoms with Gasteiger partial charge in [-0.1, -0.05) is 168 Å². The maximum atomic E-state index is 13.0. The Morgan fingerprint density at radius 1 is 0.673 bits per heavy atom. The molecule has 0 aromatic rings. The van der Waals surface area contributed by atoms with Crippen molar-refractivity contribution < 1.29 is 43.6 Å². The second kappa shape index (κ2) is 28.9. The van der Waals surface area contributed by atoms with Crippen LogP contribution in [0.5, 0.6) is 0 Å². The maximum Gasteiger partial charge on any atom is 0.379 e. The fourth-order valence-corrected chi connectivity index (χ4v) is 6.65. The van der Waals surface area contributed by atoms with Crippen LogP contribution < -0.4 is 0 Å². The van der Waals surface area contributed by atoms with Gasteiger partial charge >= 0.3 is 23.9 Å². The molecule has 9 nitrogen and oxygen atoms in total. The van der Waals surface area contributed by atoms with Crippen LogP contribution in [0.3, 0.4) is 0 Å². The summed E-state index contributed by atoms with van der Waals surface area (Å²) in [4.78, 5) is 50.6. The first-order chi connectivity index (χ1) is 24.9. The van der Waals surface area contributed by atoms with Gasteiger partial charge in [0.15, 0.2) is 11.9 Å². The van der Waals surface area contributed by atoms with E-state index >= 15 is 0 Å². The Kier molecular flexibility index (Phi) is 26.3. The molecule has 0 spiro atoms. The number of rotatable bonds is 33. The fraction of sp³-hybridized carbons (Fsp3) is 0.860. The van der Waals surface area contributed by atoms with Crippen molar-refractivity contribution in [2.75, 3.05) is 0 Å². The molecule has 0 aromatic carbocycles. The Morgan fingerprint density at radius 3 is 1.48 bits per heavy atom. The average molecular weight is 737 g/mol. The van der Waals surface area contributed by atoms with Gasteiger partial charge in [-0.05, 0) is 33.6 Å². The number of aliphatic carboxylic acids is 1. The van der Waals surface area contributed by atoms with Crippen LogP contribution in [0.2, 0.25) is 0 Å². The molecule has 0 fully saturated rings. The number of unbranched alkanes of at least 4 members (excludes halogenated alkanes) is 23. The number of carbonyl (C=O) groups excluding carboxylic acids is 3. The smallest absolute Gasteiger partial charge is 0.379 e. The lowest BCUT2D eigenvalue weighted by atomic mass is 9.92. The van der Waals surface area contributed by atoms with E-state index in [1.165, 1.54) is 109 Å². The number of hydrogen-bond acceptors (Lipinski definition) is 8. The highest BCUT2D eigenvalue weighted by Crippen LogP contribution is 2.32. The molecule has 0 amide bonds. The number of carboxylic acids is 1. The van der Waals surface area contributed by atoms with Crippen molar-refractivity contribution in [2.24, 2.45) is 11.3 Å². The lowest BCUT2D eigenvalue weighted by molar-refractivity contribution is -0.166. The third-order valence-corrected chi connectivity index (χ3v) is 10.1. The van der Waals surface area contributed by atoms with Crippen molar-refractivity contribution in [3.63, 3.8) is 0 Å². The predicted molar refractivity (Wildman–Crippen MR) is 207 cm³/mol. The second-order valence-electron chi connectivity index (χ2n) is 16.1. The number of cyclic esters (lactones) is 1. The molecule has 1 unspecified atom stereocenters. The molecular weight excluding hydrogens is 660 g/mol. The molecule has 0 saturated carbocycles. The van der Waals surface area contributed by atoms with E-state index in [9.17, 15) is 29.4 Å². The predicted octanol–water partition coefficient (Wildman–Crippen LogP) is 11.8. The molecule has 1 aliphatic rings. The molecule has 2 N–H and O–H groups in total. The van der Waals surface area contributed by atoms with Gasteiger partial charge in [-0.25, -0.2) is 4.79 Å². The summed E-state index contributed by atoms with van der Waals surface area (Å²) >= 11 is 0. The first-order valence-corrected chi connectivity index (χ1v) is 21.2. The average Bonchev–Trinajstić information content (AvgIpc) is 3.37. The van der Waals surface area contributed by atoms with E-state index < -0.39 is 58.9 Å². The van der Waals surface area contributed by atoms with Gasteiger partial charge in [0.2, 0.25) is 0 Å².